The van der Waals surface area contributed by atoms with E-state index in [1.807, 2.05) is 42.6 Å². The summed E-state index contributed by atoms with van der Waals surface area (Å²) in [5.41, 5.74) is 5.15. The van der Waals surface area contributed by atoms with Gasteiger partial charge in [0.05, 0.1) is 11.6 Å². The number of furan rings is 1. The molecule has 0 radical (unpaired) electrons. The Morgan fingerprint density at radius 2 is 1.63 bits per heavy atom. The van der Waals surface area contributed by atoms with E-state index in [1.165, 1.54) is 55.4 Å². The number of carbonyl (C=O) groups is 1. The smallest absolute Gasteiger partial charge is 0.286 e. The molecule has 4 aromatic rings. The molecule has 0 bridgehead atoms. The van der Waals surface area contributed by atoms with E-state index in [2.05, 4.69) is 69.7 Å². The average Bonchev–Trinajstić information content (AvgIpc) is 3.61. The Hall–Kier alpha value is -3.56. The molecule has 0 aliphatic rings. The fourth-order valence-corrected chi connectivity index (χ4v) is 4.33. The first kappa shape index (κ1) is 35.5. The Labute approximate surface area is 248 Å². The van der Waals surface area contributed by atoms with Crippen LogP contribution < -0.4 is 5.32 Å². The number of nitriles is 1. The predicted octanol–water partition coefficient (Wildman–Crippen LogP) is 8.89. The van der Waals surface area contributed by atoms with Gasteiger partial charge in [-0.2, -0.15) is 5.26 Å². The van der Waals surface area contributed by atoms with Gasteiger partial charge in [0.1, 0.15) is 5.58 Å². The number of aromatic amines is 1. The molecule has 41 heavy (non-hydrogen) atoms. The van der Waals surface area contributed by atoms with Crippen molar-refractivity contribution in [2.24, 2.45) is 0 Å². The molecule has 0 spiro atoms. The SMILES string of the molecule is CCC.CCCN(CC)CCC.CCCc1c[nH]c2ccc(C#N)cc12.CCc1ccc2oc(C(=O)NC)cc2c1. The van der Waals surface area contributed by atoms with E-state index in [4.69, 9.17) is 9.68 Å². The fraction of sp³-hybridized carbons (Fsp3) is 0.486. The zero-order valence-corrected chi connectivity index (χ0v) is 26.7. The molecule has 0 aliphatic heterocycles. The van der Waals surface area contributed by atoms with Gasteiger partial charge < -0.3 is 19.6 Å². The van der Waals surface area contributed by atoms with Gasteiger partial charge in [-0.1, -0.05) is 67.4 Å². The lowest BCUT2D eigenvalue weighted by atomic mass is 10.1. The van der Waals surface area contributed by atoms with Gasteiger partial charge in [0.2, 0.25) is 0 Å². The van der Waals surface area contributed by atoms with E-state index >= 15 is 0 Å². The van der Waals surface area contributed by atoms with E-state index in [1.54, 1.807) is 13.1 Å². The maximum absolute atomic E-state index is 11.3. The van der Waals surface area contributed by atoms with Crippen molar-refractivity contribution in [3.05, 3.63) is 71.1 Å². The van der Waals surface area contributed by atoms with Crippen LogP contribution in [0.25, 0.3) is 21.9 Å². The van der Waals surface area contributed by atoms with Crippen LogP contribution in [0, 0.1) is 11.3 Å². The molecule has 4 rings (SSSR count). The number of rotatable bonds is 9. The Bertz CT molecular complexity index is 1320. The second kappa shape index (κ2) is 20.3. The van der Waals surface area contributed by atoms with Crippen LogP contribution in [0.5, 0.6) is 0 Å². The fourth-order valence-electron chi connectivity index (χ4n) is 4.33. The van der Waals surface area contributed by atoms with Crippen molar-refractivity contribution < 1.29 is 9.21 Å². The summed E-state index contributed by atoms with van der Waals surface area (Å²) in [6, 6.07) is 15.7. The third kappa shape index (κ3) is 11.8. The van der Waals surface area contributed by atoms with Crippen molar-refractivity contribution in [3.8, 4) is 6.07 Å². The summed E-state index contributed by atoms with van der Waals surface area (Å²) in [4.78, 5) is 17.0. The van der Waals surface area contributed by atoms with Gasteiger partial charge in [-0.15, -0.1) is 0 Å². The van der Waals surface area contributed by atoms with Crippen LogP contribution in [0.15, 0.2) is 53.1 Å². The minimum atomic E-state index is -0.191. The number of fused-ring (bicyclic) bond motifs is 2. The first-order valence-electron chi connectivity index (χ1n) is 15.3. The van der Waals surface area contributed by atoms with Crippen molar-refractivity contribution >= 4 is 27.8 Å². The van der Waals surface area contributed by atoms with E-state index in [9.17, 15) is 4.79 Å². The lowest BCUT2D eigenvalue weighted by Crippen LogP contribution is -2.24. The quantitative estimate of drug-likeness (QED) is 0.214. The molecule has 2 N–H and O–H groups in total. The van der Waals surface area contributed by atoms with Gasteiger partial charge in [0, 0.05) is 29.5 Å². The summed E-state index contributed by atoms with van der Waals surface area (Å²) in [5, 5.41) is 13.5. The first-order chi connectivity index (χ1) is 19.8. The van der Waals surface area contributed by atoms with Crippen molar-refractivity contribution in [2.75, 3.05) is 26.7 Å². The number of aromatic nitrogens is 1. The van der Waals surface area contributed by atoms with Crippen LogP contribution in [-0.2, 0) is 12.8 Å². The largest absolute Gasteiger partial charge is 0.451 e. The molecule has 0 saturated heterocycles. The second-order valence-electron chi connectivity index (χ2n) is 9.99. The highest BCUT2D eigenvalue weighted by atomic mass is 16.3. The molecule has 224 valence electrons. The minimum Gasteiger partial charge on any atom is -0.451 e. The monoisotopic (exact) mass is 560 g/mol. The summed E-state index contributed by atoms with van der Waals surface area (Å²) in [6.07, 6.45) is 9.03. The number of benzene rings is 2. The number of hydrogen-bond donors (Lipinski definition) is 2. The van der Waals surface area contributed by atoms with Gasteiger partial charge in [-0.3, -0.25) is 4.79 Å². The summed E-state index contributed by atoms with van der Waals surface area (Å²) < 4.78 is 5.41. The lowest BCUT2D eigenvalue weighted by Gasteiger charge is -2.17. The van der Waals surface area contributed by atoms with Crippen LogP contribution in [0.3, 0.4) is 0 Å². The van der Waals surface area contributed by atoms with E-state index in [0.717, 1.165) is 41.3 Å². The lowest BCUT2D eigenvalue weighted by molar-refractivity contribution is 0.0938. The normalized spacial score (nSPS) is 10.1. The molecule has 0 aliphatic carbocycles. The van der Waals surface area contributed by atoms with E-state index < -0.39 is 0 Å². The summed E-state index contributed by atoms with van der Waals surface area (Å²) >= 11 is 0. The highest BCUT2D eigenvalue weighted by Gasteiger charge is 2.10. The van der Waals surface area contributed by atoms with E-state index in [0.29, 0.717) is 5.76 Å². The van der Waals surface area contributed by atoms with Crippen molar-refractivity contribution in [1.29, 1.82) is 5.26 Å². The number of nitrogens with one attached hydrogen (secondary N) is 2. The van der Waals surface area contributed by atoms with Gasteiger partial charge in [0.25, 0.3) is 5.91 Å². The topological polar surface area (TPSA) is 85.1 Å². The predicted molar refractivity (Wildman–Crippen MR) is 175 cm³/mol. The highest BCUT2D eigenvalue weighted by molar-refractivity contribution is 5.96. The number of hydrogen-bond acceptors (Lipinski definition) is 4. The molecule has 6 nitrogen and oxygen atoms in total. The summed E-state index contributed by atoms with van der Waals surface area (Å²) in [7, 11) is 1.59. The molecule has 0 fully saturated rings. The molecular formula is C35H52N4O2. The molecule has 6 heteroatoms. The standard InChI is InChI=1S/C12H12N2.C12H13NO2.C8H19N.C3H8/c1-2-3-10-8-14-12-5-4-9(7-13)6-11(10)12;1-3-8-4-5-10-9(6-8)7-11(15-10)12(14)13-2;1-4-7-9(6-3)8-5-2;1-3-2/h4-6,8,14H,2-3H2,1H3;4-7H,3H2,1-2H3,(H,13,14);4-8H2,1-3H3;3H2,1-2H3. The number of H-pyrrole nitrogens is 1. The van der Waals surface area contributed by atoms with Crippen molar-refractivity contribution in [2.45, 2.75) is 87.0 Å². The third-order valence-corrected chi connectivity index (χ3v) is 6.38. The molecule has 0 saturated carbocycles. The van der Waals surface area contributed by atoms with Crippen LogP contribution in [0.1, 0.15) is 101 Å². The zero-order chi connectivity index (χ0) is 30.6. The number of aryl methyl sites for hydroxylation is 2. The Morgan fingerprint density at radius 1 is 0.951 bits per heavy atom. The van der Waals surface area contributed by atoms with Crippen LogP contribution in [-0.4, -0.2) is 42.5 Å². The molecule has 0 atom stereocenters. The number of amides is 1. The van der Waals surface area contributed by atoms with Gasteiger partial charge in [0.15, 0.2) is 5.76 Å². The molecule has 0 unspecified atom stereocenters. The van der Waals surface area contributed by atoms with Crippen molar-refractivity contribution in [1.82, 2.24) is 15.2 Å². The number of carbonyl (C=O) groups excluding carboxylic acids is 1. The minimum absolute atomic E-state index is 0.191. The number of nitrogens with zero attached hydrogens (tertiary/aromatic N) is 2. The third-order valence-electron chi connectivity index (χ3n) is 6.38. The van der Waals surface area contributed by atoms with Gasteiger partial charge in [-0.05, 0) is 92.8 Å². The molecule has 1 amide bonds. The van der Waals surface area contributed by atoms with Crippen LogP contribution >= 0.6 is 0 Å². The first-order valence-corrected chi connectivity index (χ1v) is 15.3. The Morgan fingerprint density at radius 3 is 2.17 bits per heavy atom. The maximum atomic E-state index is 11.3. The maximum Gasteiger partial charge on any atom is 0.286 e. The van der Waals surface area contributed by atoms with Gasteiger partial charge in [-0.25, -0.2) is 0 Å². The molecule has 2 aromatic heterocycles. The highest BCUT2D eigenvalue weighted by Crippen LogP contribution is 2.22. The molecule has 2 heterocycles. The molecule has 2 aromatic carbocycles. The second-order valence-corrected chi connectivity index (χ2v) is 9.99. The van der Waals surface area contributed by atoms with Crippen LogP contribution in [0.2, 0.25) is 0 Å². The molecular weight excluding hydrogens is 508 g/mol. The Balaban J connectivity index is 0.000000302. The van der Waals surface area contributed by atoms with E-state index in [-0.39, 0.29) is 5.91 Å². The zero-order valence-electron chi connectivity index (χ0n) is 26.7. The van der Waals surface area contributed by atoms with Crippen molar-refractivity contribution in [3.63, 3.8) is 0 Å². The summed E-state index contributed by atoms with van der Waals surface area (Å²) in [6.45, 7) is 19.0. The average molecular weight is 561 g/mol. The summed E-state index contributed by atoms with van der Waals surface area (Å²) in [5.74, 6) is 0.171. The van der Waals surface area contributed by atoms with Gasteiger partial charge >= 0.3 is 0 Å². The van der Waals surface area contributed by atoms with Crippen LogP contribution in [0.4, 0.5) is 0 Å². The Kier molecular flexibility index (Phi) is 17.6.